The van der Waals surface area contributed by atoms with E-state index in [0.717, 1.165) is 6.54 Å². The number of benzene rings is 1. The molecule has 1 aromatic heterocycles. The molecule has 15 heavy (non-hydrogen) atoms. The molecule has 3 rings (SSSR count). The second-order valence-corrected chi connectivity index (χ2v) is 3.90. The van der Waals surface area contributed by atoms with Gasteiger partial charge in [-0.3, -0.25) is 0 Å². The van der Waals surface area contributed by atoms with Gasteiger partial charge in [0.25, 0.3) is 5.82 Å². The zero-order valence-electron chi connectivity index (χ0n) is 8.91. The molecule has 0 atom stereocenters. The van der Waals surface area contributed by atoms with Gasteiger partial charge in [-0.25, -0.2) is 9.13 Å². The second-order valence-electron chi connectivity index (χ2n) is 3.90. The van der Waals surface area contributed by atoms with Gasteiger partial charge in [0.2, 0.25) is 0 Å². The molecular weight excluding hydrogens is 299 g/mol. The number of rotatable bonds is 1. The van der Waals surface area contributed by atoms with Gasteiger partial charge < -0.3 is 24.0 Å². The van der Waals surface area contributed by atoms with Crippen LogP contribution in [0.4, 0.5) is 0 Å². The lowest BCUT2D eigenvalue weighted by Gasteiger charge is -1.93. The average Bonchev–Trinajstić information content (AvgIpc) is 2.77. The van der Waals surface area contributed by atoms with Crippen LogP contribution in [0.15, 0.2) is 24.3 Å². The van der Waals surface area contributed by atoms with Crippen LogP contribution in [-0.4, -0.2) is 4.57 Å². The van der Waals surface area contributed by atoms with Crippen molar-refractivity contribution in [1.29, 1.82) is 0 Å². The van der Waals surface area contributed by atoms with Gasteiger partial charge in [-0.1, -0.05) is 12.1 Å². The topological polar surface area (TPSA) is 8.81 Å². The first-order valence-corrected chi connectivity index (χ1v) is 5.41. The highest BCUT2D eigenvalue weighted by molar-refractivity contribution is 5.72. The summed E-state index contributed by atoms with van der Waals surface area (Å²) in [7, 11) is 0. The molecule has 2 aromatic rings. The van der Waals surface area contributed by atoms with E-state index in [2.05, 4.69) is 40.3 Å². The van der Waals surface area contributed by atoms with E-state index in [1.165, 1.54) is 36.2 Å². The molecule has 1 aromatic carbocycles. The van der Waals surface area contributed by atoms with Crippen LogP contribution in [0, 0.1) is 0 Å². The van der Waals surface area contributed by atoms with Crippen molar-refractivity contribution in [2.24, 2.45) is 0 Å². The van der Waals surface area contributed by atoms with Crippen LogP contribution in [0.2, 0.25) is 0 Å². The maximum atomic E-state index is 2.47. The van der Waals surface area contributed by atoms with E-state index >= 15 is 0 Å². The largest absolute Gasteiger partial charge is 1.00 e. The molecule has 0 fully saturated rings. The van der Waals surface area contributed by atoms with Gasteiger partial charge in [-0.15, -0.1) is 0 Å². The monoisotopic (exact) mass is 314 g/mol. The van der Waals surface area contributed by atoms with Gasteiger partial charge in [0, 0.05) is 0 Å². The molecule has 2 nitrogen and oxygen atoms in total. The van der Waals surface area contributed by atoms with Gasteiger partial charge >= 0.3 is 0 Å². The molecule has 2 heterocycles. The van der Waals surface area contributed by atoms with Crippen molar-refractivity contribution in [3.8, 4) is 0 Å². The van der Waals surface area contributed by atoms with Crippen molar-refractivity contribution in [1.82, 2.24) is 4.57 Å². The van der Waals surface area contributed by atoms with E-state index in [1.807, 2.05) is 0 Å². The van der Waals surface area contributed by atoms with E-state index in [0.29, 0.717) is 0 Å². The van der Waals surface area contributed by atoms with Gasteiger partial charge in [0.05, 0.1) is 19.5 Å². The van der Waals surface area contributed by atoms with E-state index in [9.17, 15) is 0 Å². The van der Waals surface area contributed by atoms with E-state index < -0.39 is 0 Å². The van der Waals surface area contributed by atoms with Crippen LogP contribution in [0.1, 0.15) is 19.2 Å². The fourth-order valence-corrected chi connectivity index (χ4v) is 2.61. The Hall–Kier alpha value is -0.580. The summed E-state index contributed by atoms with van der Waals surface area (Å²) in [6.07, 6.45) is 2.54. The van der Waals surface area contributed by atoms with Crippen LogP contribution >= 0.6 is 0 Å². The summed E-state index contributed by atoms with van der Waals surface area (Å²) in [5.41, 5.74) is 2.80. The SMILES string of the molecule is CCn1c2[n+](c3ccccc31)CCC2.[I-]. The van der Waals surface area contributed by atoms with Crippen molar-refractivity contribution in [2.75, 3.05) is 0 Å². The van der Waals surface area contributed by atoms with Gasteiger partial charge in [0.1, 0.15) is 0 Å². The number of halogens is 1. The quantitative estimate of drug-likeness (QED) is 0.467. The number of para-hydroxylation sites is 2. The molecule has 0 aliphatic carbocycles. The van der Waals surface area contributed by atoms with Crippen LogP contribution in [0.3, 0.4) is 0 Å². The van der Waals surface area contributed by atoms with Gasteiger partial charge in [0.15, 0.2) is 11.0 Å². The molecule has 80 valence electrons. The first-order chi connectivity index (χ1) is 6.92. The number of hydrogen-bond donors (Lipinski definition) is 0. The molecular formula is C12H15IN2. The van der Waals surface area contributed by atoms with E-state index in [-0.39, 0.29) is 24.0 Å². The third-order valence-electron chi connectivity index (χ3n) is 3.18. The molecule has 0 spiro atoms. The van der Waals surface area contributed by atoms with Crippen molar-refractivity contribution < 1.29 is 28.5 Å². The third kappa shape index (κ3) is 1.48. The standard InChI is InChI=1S/C12H15N2.HI/c1-2-13-10-6-3-4-7-11(10)14-9-5-8-12(13)14;/h3-4,6-7H,2,5,8-9H2,1H3;1H/q+1;/p-1. The van der Waals surface area contributed by atoms with E-state index in [4.69, 9.17) is 0 Å². The number of hydrogen-bond acceptors (Lipinski definition) is 0. The van der Waals surface area contributed by atoms with Crippen LogP contribution in [-0.2, 0) is 19.5 Å². The summed E-state index contributed by atoms with van der Waals surface area (Å²) in [4.78, 5) is 0. The molecule has 0 N–H and O–H groups in total. The lowest BCUT2D eigenvalue weighted by Crippen LogP contribution is -3.00. The van der Waals surface area contributed by atoms with Crippen LogP contribution in [0.25, 0.3) is 11.0 Å². The first-order valence-electron chi connectivity index (χ1n) is 5.41. The van der Waals surface area contributed by atoms with Crippen LogP contribution < -0.4 is 28.5 Å². The summed E-state index contributed by atoms with van der Waals surface area (Å²) in [5.74, 6) is 1.51. The Morgan fingerprint density at radius 3 is 2.93 bits per heavy atom. The van der Waals surface area contributed by atoms with E-state index in [1.54, 1.807) is 0 Å². The first kappa shape index (κ1) is 10.9. The molecule has 1 aliphatic heterocycles. The van der Waals surface area contributed by atoms with Crippen molar-refractivity contribution >= 4 is 11.0 Å². The number of imidazole rings is 1. The molecule has 0 radical (unpaired) electrons. The molecule has 0 bridgehead atoms. The molecule has 0 unspecified atom stereocenters. The second kappa shape index (κ2) is 4.12. The van der Waals surface area contributed by atoms with Crippen molar-refractivity contribution in [3.63, 3.8) is 0 Å². The molecule has 0 saturated carbocycles. The maximum absolute atomic E-state index is 2.47. The molecule has 3 heteroatoms. The van der Waals surface area contributed by atoms with Crippen molar-refractivity contribution in [3.05, 3.63) is 30.1 Å². The number of aromatic nitrogens is 2. The average molecular weight is 314 g/mol. The molecule has 0 saturated heterocycles. The summed E-state index contributed by atoms with van der Waals surface area (Å²) >= 11 is 0. The maximum Gasteiger partial charge on any atom is 0.257 e. The smallest absolute Gasteiger partial charge is 0.257 e. The minimum absolute atomic E-state index is 0. The lowest BCUT2D eigenvalue weighted by molar-refractivity contribution is -0.665. The molecule has 0 amide bonds. The fourth-order valence-electron chi connectivity index (χ4n) is 2.61. The minimum atomic E-state index is 0. The Morgan fingerprint density at radius 2 is 2.13 bits per heavy atom. The Morgan fingerprint density at radius 1 is 1.33 bits per heavy atom. The molecule has 1 aliphatic rings. The van der Waals surface area contributed by atoms with Gasteiger partial charge in [-0.05, 0) is 25.5 Å². The van der Waals surface area contributed by atoms with Crippen molar-refractivity contribution in [2.45, 2.75) is 32.9 Å². The Labute approximate surface area is 107 Å². The third-order valence-corrected chi connectivity index (χ3v) is 3.18. The normalized spacial score (nSPS) is 13.9. The van der Waals surface area contributed by atoms with Crippen LogP contribution in [0.5, 0.6) is 0 Å². The highest BCUT2D eigenvalue weighted by Crippen LogP contribution is 2.18. The summed E-state index contributed by atoms with van der Waals surface area (Å²) in [5, 5.41) is 0. The predicted octanol–water partition coefficient (Wildman–Crippen LogP) is -1.10. The fraction of sp³-hybridized carbons (Fsp3) is 0.417. The minimum Gasteiger partial charge on any atom is -1.00 e. The highest BCUT2D eigenvalue weighted by atomic mass is 127. The Balaban J connectivity index is 0.000000853. The number of nitrogens with zero attached hydrogens (tertiary/aromatic N) is 2. The lowest BCUT2D eigenvalue weighted by atomic mass is 10.3. The Kier molecular flexibility index (Phi) is 3.00. The zero-order chi connectivity index (χ0) is 9.54. The highest BCUT2D eigenvalue weighted by Gasteiger charge is 2.27. The summed E-state index contributed by atoms with van der Waals surface area (Å²) in [6, 6.07) is 8.72. The van der Waals surface area contributed by atoms with Gasteiger partial charge in [-0.2, -0.15) is 0 Å². The zero-order valence-corrected chi connectivity index (χ0v) is 11.1. The summed E-state index contributed by atoms with van der Waals surface area (Å²) in [6.45, 7) is 4.51. The number of fused-ring (bicyclic) bond motifs is 3. The Bertz CT molecular complexity index is 473. The number of aryl methyl sites for hydroxylation is 2. The predicted molar refractivity (Wildman–Crippen MR) is 56.1 cm³/mol. The summed E-state index contributed by atoms with van der Waals surface area (Å²) < 4.78 is 4.92.